The van der Waals surface area contributed by atoms with E-state index in [1.165, 1.54) is 18.5 Å². The molecule has 0 amide bonds. The summed E-state index contributed by atoms with van der Waals surface area (Å²) in [6, 6.07) is 3.23. The maximum atomic E-state index is 10.9. The van der Waals surface area contributed by atoms with Gasteiger partial charge in [0.25, 0.3) is 0 Å². The molecule has 0 radical (unpaired) electrons. The molecule has 1 aromatic rings. The van der Waals surface area contributed by atoms with Crippen LogP contribution >= 0.6 is 0 Å². The zero-order chi connectivity index (χ0) is 10.4. The lowest BCUT2D eigenvalue weighted by molar-refractivity contribution is -0.605. The third kappa shape index (κ3) is 3.26. The first kappa shape index (κ1) is 10.2. The topological polar surface area (TPSA) is 53.2 Å². The van der Waals surface area contributed by atoms with Crippen LogP contribution < -0.4 is 4.73 Å². The Morgan fingerprint density at radius 2 is 2.21 bits per heavy atom. The molecule has 0 aliphatic rings. The molecule has 0 aliphatic carbocycles. The average Bonchev–Trinajstić information content (AvgIpc) is 2.17. The largest absolute Gasteiger partial charge is 0.619 e. The van der Waals surface area contributed by atoms with Gasteiger partial charge in [0, 0.05) is 18.2 Å². The van der Waals surface area contributed by atoms with Crippen molar-refractivity contribution >= 4 is 12.0 Å². The van der Waals surface area contributed by atoms with Crippen molar-refractivity contribution in [3.8, 4) is 0 Å². The second kappa shape index (κ2) is 5.01. The quantitative estimate of drug-likeness (QED) is 0.310. The average molecular weight is 193 g/mol. The van der Waals surface area contributed by atoms with Crippen LogP contribution in [0.2, 0.25) is 0 Å². The number of hydrogen-bond donors (Lipinski definition) is 0. The third-order valence-electron chi connectivity index (χ3n) is 1.53. The summed E-state index contributed by atoms with van der Waals surface area (Å²) in [7, 11) is 0. The molecule has 4 heteroatoms. The Bertz CT molecular complexity index is 330. The fraction of sp³-hybridized carbons (Fsp3) is 0.200. The third-order valence-corrected chi connectivity index (χ3v) is 1.53. The van der Waals surface area contributed by atoms with Gasteiger partial charge in [0.05, 0.1) is 6.61 Å². The molecule has 4 nitrogen and oxygen atoms in total. The smallest absolute Gasteiger partial charge is 0.330 e. The van der Waals surface area contributed by atoms with Gasteiger partial charge in [-0.1, -0.05) is 0 Å². The van der Waals surface area contributed by atoms with Crippen LogP contribution in [0.25, 0.3) is 6.08 Å². The number of ether oxygens (including phenoxy) is 1. The van der Waals surface area contributed by atoms with Gasteiger partial charge in [-0.15, -0.1) is 0 Å². The summed E-state index contributed by atoms with van der Waals surface area (Å²) in [6.45, 7) is 2.10. The van der Waals surface area contributed by atoms with E-state index >= 15 is 0 Å². The zero-order valence-corrected chi connectivity index (χ0v) is 7.84. The van der Waals surface area contributed by atoms with Gasteiger partial charge in [-0.05, 0) is 18.6 Å². The molecule has 1 aromatic heterocycles. The highest BCUT2D eigenvalue weighted by Gasteiger charge is 1.94. The van der Waals surface area contributed by atoms with E-state index in [9.17, 15) is 10.0 Å². The standard InChI is InChI=1S/C10H11NO3/c1-2-14-10(12)4-3-9-5-7-11(13)8-6-9/h3-8H,2H2,1H3. The molecular formula is C10H11NO3. The van der Waals surface area contributed by atoms with Gasteiger partial charge in [0.2, 0.25) is 0 Å². The van der Waals surface area contributed by atoms with Crippen LogP contribution in [0.1, 0.15) is 12.5 Å². The van der Waals surface area contributed by atoms with Crippen molar-refractivity contribution in [2.45, 2.75) is 6.92 Å². The summed E-state index contributed by atoms with van der Waals surface area (Å²) < 4.78 is 5.38. The summed E-state index contributed by atoms with van der Waals surface area (Å²) in [4.78, 5) is 10.9. The highest BCUT2D eigenvalue weighted by molar-refractivity contribution is 5.86. The Labute approximate surface area is 82.0 Å². The van der Waals surface area contributed by atoms with E-state index in [0.29, 0.717) is 11.3 Å². The van der Waals surface area contributed by atoms with Crippen molar-refractivity contribution in [1.29, 1.82) is 0 Å². The number of aromatic nitrogens is 1. The van der Waals surface area contributed by atoms with Gasteiger partial charge in [-0.25, -0.2) is 4.79 Å². The molecule has 0 saturated heterocycles. The highest BCUT2D eigenvalue weighted by Crippen LogP contribution is 1.98. The molecule has 0 unspecified atom stereocenters. The highest BCUT2D eigenvalue weighted by atomic mass is 16.5. The molecular weight excluding hydrogens is 182 g/mol. The van der Waals surface area contributed by atoms with Crippen molar-refractivity contribution < 1.29 is 14.3 Å². The SMILES string of the molecule is CCOC(=O)C=Cc1cc[n+]([O-])cc1. The van der Waals surface area contributed by atoms with Crippen molar-refractivity contribution in [2.75, 3.05) is 6.61 Å². The molecule has 0 spiro atoms. The zero-order valence-electron chi connectivity index (χ0n) is 7.84. The minimum atomic E-state index is -0.383. The van der Waals surface area contributed by atoms with Crippen LogP contribution in [0, 0.1) is 5.21 Å². The maximum Gasteiger partial charge on any atom is 0.330 e. The summed E-state index contributed by atoms with van der Waals surface area (Å²) in [5, 5.41) is 10.7. The summed E-state index contributed by atoms with van der Waals surface area (Å²) in [5.74, 6) is -0.383. The van der Waals surface area contributed by atoms with Crippen LogP contribution in [0.15, 0.2) is 30.6 Å². The van der Waals surface area contributed by atoms with E-state index in [-0.39, 0.29) is 5.97 Å². The van der Waals surface area contributed by atoms with Crippen molar-refractivity contribution in [1.82, 2.24) is 0 Å². The number of esters is 1. The number of pyridine rings is 1. The Balaban J connectivity index is 2.60. The molecule has 0 saturated carbocycles. The lowest BCUT2D eigenvalue weighted by Gasteiger charge is -1.96. The van der Waals surface area contributed by atoms with Crippen LogP contribution in [0.4, 0.5) is 0 Å². The molecule has 1 rings (SSSR count). The lowest BCUT2D eigenvalue weighted by Crippen LogP contribution is -2.23. The second-order valence-corrected chi connectivity index (χ2v) is 2.58. The van der Waals surface area contributed by atoms with Gasteiger partial charge in [-0.2, -0.15) is 4.73 Å². The summed E-state index contributed by atoms with van der Waals surface area (Å²) in [5.41, 5.74) is 0.783. The summed E-state index contributed by atoms with van der Waals surface area (Å²) >= 11 is 0. The number of rotatable bonds is 3. The molecule has 0 aliphatic heterocycles. The number of carbonyl (C=O) groups is 1. The molecule has 0 fully saturated rings. The first-order valence-corrected chi connectivity index (χ1v) is 4.26. The molecule has 0 bridgehead atoms. The lowest BCUT2D eigenvalue weighted by atomic mass is 10.2. The van der Waals surface area contributed by atoms with E-state index in [4.69, 9.17) is 4.74 Å². The van der Waals surface area contributed by atoms with Gasteiger partial charge < -0.3 is 9.94 Å². The predicted molar refractivity (Wildman–Crippen MR) is 51.1 cm³/mol. The number of carbonyl (C=O) groups excluding carboxylic acids is 1. The monoisotopic (exact) mass is 193 g/mol. The van der Waals surface area contributed by atoms with Crippen LogP contribution in [0.3, 0.4) is 0 Å². The summed E-state index contributed by atoms with van der Waals surface area (Å²) in [6.07, 6.45) is 5.65. The van der Waals surface area contributed by atoms with Gasteiger partial charge in [-0.3, -0.25) is 0 Å². The Kier molecular flexibility index (Phi) is 3.67. The predicted octanol–water partition coefficient (Wildman–Crippen LogP) is 0.896. The van der Waals surface area contributed by atoms with E-state index in [0.717, 1.165) is 5.56 Å². The van der Waals surface area contributed by atoms with Crippen LogP contribution in [-0.4, -0.2) is 12.6 Å². The van der Waals surface area contributed by atoms with E-state index < -0.39 is 0 Å². The van der Waals surface area contributed by atoms with Crippen molar-refractivity contribution in [3.05, 3.63) is 41.4 Å². The van der Waals surface area contributed by atoms with E-state index in [1.54, 1.807) is 25.1 Å². The fourth-order valence-corrected chi connectivity index (χ4v) is 0.890. The second-order valence-electron chi connectivity index (χ2n) is 2.58. The van der Waals surface area contributed by atoms with Gasteiger partial charge >= 0.3 is 5.97 Å². The van der Waals surface area contributed by atoms with Crippen molar-refractivity contribution in [3.63, 3.8) is 0 Å². The Morgan fingerprint density at radius 3 is 2.79 bits per heavy atom. The molecule has 0 N–H and O–H groups in total. The number of hydrogen-bond acceptors (Lipinski definition) is 3. The fourth-order valence-electron chi connectivity index (χ4n) is 0.890. The first-order valence-electron chi connectivity index (χ1n) is 4.26. The Morgan fingerprint density at radius 1 is 1.57 bits per heavy atom. The number of nitrogens with zero attached hydrogens (tertiary/aromatic N) is 1. The molecule has 0 aromatic carbocycles. The molecule has 1 heterocycles. The normalized spacial score (nSPS) is 10.4. The van der Waals surface area contributed by atoms with Crippen LogP contribution in [-0.2, 0) is 9.53 Å². The van der Waals surface area contributed by atoms with E-state index in [2.05, 4.69) is 0 Å². The minimum Gasteiger partial charge on any atom is -0.619 e. The molecule has 0 atom stereocenters. The Hall–Kier alpha value is -1.84. The maximum absolute atomic E-state index is 10.9. The minimum absolute atomic E-state index is 0.360. The van der Waals surface area contributed by atoms with Crippen LogP contribution in [0.5, 0.6) is 0 Å². The molecule has 14 heavy (non-hydrogen) atoms. The van der Waals surface area contributed by atoms with Gasteiger partial charge in [0.1, 0.15) is 0 Å². The first-order chi connectivity index (χ1) is 6.72. The van der Waals surface area contributed by atoms with Crippen molar-refractivity contribution in [2.24, 2.45) is 0 Å². The van der Waals surface area contributed by atoms with Gasteiger partial charge in [0.15, 0.2) is 12.4 Å². The van der Waals surface area contributed by atoms with E-state index in [1.807, 2.05) is 0 Å². The molecule has 74 valence electrons.